The van der Waals surface area contributed by atoms with Crippen molar-refractivity contribution in [1.82, 2.24) is 0 Å². The molecule has 2 nitrogen and oxygen atoms in total. The fourth-order valence-electron chi connectivity index (χ4n) is 4.13. The third-order valence-corrected chi connectivity index (χ3v) is 4.77. The molecule has 0 radical (unpaired) electrons. The molecular formula is C12H12F6O2. The van der Waals surface area contributed by atoms with Crippen molar-refractivity contribution in [3.05, 3.63) is 12.8 Å². The van der Waals surface area contributed by atoms with Crippen LogP contribution in [0.4, 0.5) is 26.3 Å². The third-order valence-electron chi connectivity index (χ3n) is 4.77. The highest BCUT2D eigenvalue weighted by Gasteiger charge is 2.87. The van der Waals surface area contributed by atoms with Gasteiger partial charge in [0.1, 0.15) is 6.10 Å². The number of ether oxygens (including phenoxy) is 2. The van der Waals surface area contributed by atoms with Crippen LogP contribution < -0.4 is 0 Å². The van der Waals surface area contributed by atoms with E-state index in [-0.39, 0.29) is 12.3 Å². The van der Waals surface area contributed by atoms with Crippen LogP contribution in [0.5, 0.6) is 0 Å². The third kappa shape index (κ3) is 1.46. The van der Waals surface area contributed by atoms with Gasteiger partial charge in [0.2, 0.25) is 0 Å². The average Bonchev–Trinajstić information content (AvgIpc) is 2.67. The van der Waals surface area contributed by atoms with E-state index in [9.17, 15) is 26.3 Å². The zero-order valence-corrected chi connectivity index (χ0v) is 10.2. The molecule has 2 aliphatic carbocycles. The molecule has 2 saturated carbocycles. The first-order chi connectivity index (χ1) is 9.13. The summed E-state index contributed by atoms with van der Waals surface area (Å²) in [6.45, 7) is 3.31. The van der Waals surface area contributed by atoms with Gasteiger partial charge >= 0.3 is 12.4 Å². The largest absolute Gasteiger partial charge is 0.498 e. The molecule has 0 N–H and O–H groups in total. The van der Waals surface area contributed by atoms with E-state index in [1.165, 1.54) is 0 Å². The van der Waals surface area contributed by atoms with Crippen LogP contribution in [0.2, 0.25) is 0 Å². The van der Waals surface area contributed by atoms with Gasteiger partial charge < -0.3 is 9.47 Å². The van der Waals surface area contributed by atoms with Crippen LogP contribution in [-0.2, 0) is 9.47 Å². The highest BCUT2D eigenvalue weighted by atomic mass is 19.4. The van der Waals surface area contributed by atoms with Gasteiger partial charge in [0.25, 0.3) is 5.60 Å². The molecule has 3 fully saturated rings. The predicted molar refractivity (Wildman–Crippen MR) is 54.5 cm³/mol. The molecule has 20 heavy (non-hydrogen) atoms. The van der Waals surface area contributed by atoms with Crippen molar-refractivity contribution in [1.29, 1.82) is 0 Å². The summed E-state index contributed by atoms with van der Waals surface area (Å²) < 4.78 is 87.6. The molecule has 0 spiro atoms. The Kier molecular flexibility index (Phi) is 2.69. The van der Waals surface area contributed by atoms with Crippen molar-refractivity contribution in [3.8, 4) is 0 Å². The van der Waals surface area contributed by atoms with Gasteiger partial charge in [-0.2, -0.15) is 26.3 Å². The van der Waals surface area contributed by atoms with Gasteiger partial charge in [0.05, 0.1) is 12.4 Å². The Hall–Kier alpha value is -0.920. The van der Waals surface area contributed by atoms with E-state index >= 15 is 0 Å². The molecule has 8 heteroatoms. The standard InChI is InChI=1S/C12H12F6O2/c1-2-19-7-4-5-3-6(7)8-9(5)20-10(8,11(13,14)15)12(16,17)18/h2,5-9H,1,3-4H2/t5-,6-,7?,8?,9?/m0/s1. The minimum absolute atomic E-state index is 0.280. The maximum atomic E-state index is 13.0. The maximum Gasteiger partial charge on any atom is 0.426 e. The lowest BCUT2D eigenvalue weighted by Crippen LogP contribution is -2.76. The number of alkyl halides is 6. The van der Waals surface area contributed by atoms with Crippen LogP contribution in [0.1, 0.15) is 12.8 Å². The summed E-state index contributed by atoms with van der Waals surface area (Å²) >= 11 is 0. The highest BCUT2D eigenvalue weighted by molar-refractivity contribution is 5.21. The number of halogens is 6. The number of hydrogen-bond donors (Lipinski definition) is 0. The van der Waals surface area contributed by atoms with Crippen LogP contribution in [0.3, 0.4) is 0 Å². The lowest BCUT2D eigenvalue weighted by atomic mass is 9.67. The molecule has 2 bridgehead atoms. The monoisotopic (exact) mass is 302 g/mol. The first kappa shape index (κ1) is 14.0. The smallest absolute Gasteiger partial charge is 0.426 e. The van der Waals surface area contributed by atoms with Gasteiger partial charge in [-0.3, -0.25) is 0 Å². The summed E-state index contributed by atoms with van der Waals surface area (Å²) in [7, 11) is 0. The van der Waals surface area contributed by atoms with Crippen LogP contribution >= 0.6 is 0 Å². The second kappa shape index (κ2) is 3.84. The van der Waals surface area contributed by atoms with Gasteiger partial charge in [0.15, 0.2) is 0 Å². The van der Waals surface area contributed by atoms with Crippen molar-refractivity contribution >= 4 is 0 Å². The summed E-state index contributed by atoms with van der Waals surface area (Å²) in [6.07, 6.45) is -10.8. The van der Waals surface area contributed by atoms with Crippen molar-refractivity contribution in [3.63, 3.8) is 0 Å². The second-order valence-electron chi connectivity index (χ2n) is 5.58. The fraction of sp³-hybridized carbons (Fsp3) is 0.833. The average molecular weight is 302 g/mol. The molecule has 5 atom stereocenters. The Morgan fingerprint density at radius 2 is 1.70 bits per heavy atom. The SMILES string of the molecule is C=COC1C[C@@H]2C[C@@H]1C1C2OC1(C(F)(F)F)C(F)(F)F. The van der Waals surface area contributed by atoms with Crippen molar-refractivity contribution in [2.45, 2.75) is 43.0 Å². The number of fused-ring (bicyclic) bond motifs is 5. The molecule has 0 aromatic carbocycles. The lowest BCUT2D eigenvalue weighted by Gasteiger charge is -2.57. The zero-order chi connectivity index (χ0) is 14.9. The topological polar surface area (TPSA) is 18.5 Å². The van der Waals surface area contributed by atoms with E-state index in [1.54, 1.807) is 0 Å². The van der Waals surface area contributed by atoms with Crippen LogP contribution in [-0.4, -0.2) is 30.2 Å². The summed E-state index contributed by atoms with van der Waals surface area (Å²) in [5.74, 6) is -2.70. The first-order valence-corrected chi connectivity index (χ1v) is 6.21. The molecule has 0 amide bonds. The molecule has 3 aliphatic rings. The molecule has 0 aromatic heterocycles. The summed E-state index contributed by atoms with van der Waals surface area (Å²) in [5, 5.41) is 0. The molecule has 1 heterocycles. The minimum Gasteiger partial charge on any atom is -0.498 e. The summed E-state index contributed by atoms with van der Waals surface area (Å²) in [6, 6.07) is 0. The molecular weight excluding hydrogens is 290 g/mol. The quantitative estimate of drug-likeness (QED) is 0.575. The molecule has 3 rings (SSSR count). The van der Waals surface area contributed by atoms with Crippen LogP contribution in [0, 0.1) is 17.8 Å². The van der Waals surface area contributed by atoms with E-state index in [1.807, 2.05) is 0 Å². The zero-order valence-electron chi connectivity index (χ0n) is 10.2. The Morgan fingerprint density at radius 3 is 2.20 bits per heavy atom. The summed E-state index contributed by atoms with van der Waals surface area (Å²) in [5.41, 5.74) is -4.03. The summed E-state index contributed by atoms with van der Waals surface area (Å²) in [4.78, 5) is 0. The Balaban J connectivity index is 1.96. The van der Waals surface area contributed by atoms with E-state index in [2.05, 4.69) is 11.3 Å². The lowest BCUT2D eigenvalue weighted by molar-refractivity contribution is -0.473. The van der Waals surface area contributed by atoms with Gasteiger partial charge in [-0.15, -0.1) is 0 Å². The fourth-order valence-corrected chi connectivity index (χ4v) is 4.13. The molecule has 1 aliphatic heterocycles. The van der Waals surface area contributed by atoms with Gasteiger partial charge in [-0.25, -0.2) is 0 Å². The van der Waals surface area contributed by atoms with Gasteiger partial charge in [0, 0.05) is 11.8 Å². The van der Waals surface area contributed by atoms with Crippen LogP contribution in [0.15, 0.2) is 12.8 Å². The number of hydrogen-bond acceptors (Lipinski definition) is 2. The molecule has 3 unspecified atom stereocenters. The Labute approximate surface area is 110 Å². The van der Waals surface area contributed by atoms with Crippen molar-refractivity contribution in [2.75, 3.05) is 0 Å². The Morgan fingerprint density at radius 1 is 1.10 bits per heavy atom. The van der Waals surface area contributed by atoms with Crippen molar-refractivity contribution in [2.24, 2.45) is 17.8 Å². The highest BCUT2D eigenvalue weighted by Crippen LogP contribution is 2.69. The predicted octanol–water partition coefficient (Wildman–Crippen LogP) is 3.43. The number of rotatable bonds is 2. The van der Waals surface area contributed by atoms with Gasteiger partial charge in [-0.1, -0.05) is 6.58 Å². The molecule has 1 saturated heterocycles. The normalized spacial score (nSPS) is 42.0. The van der Waals surface area contributed by atoms with E-state index in [0.717, 1.165) is 6.26 Å². The molecule has 114 valence electrons. The van der Waals surface area contributed by atoms with E-state index in [4.69, 9.17) is 4.74 Å². The van der Waals surface area contributed by atoms with E-state index in [0.29, 0.717) is 6.42 Å². The first-order valence-electron chi connectivity index (χ1n) is 6.21. The van der Waals surface area contributed by atoms with Crippen LogP contribution in [0.25, 0.3) is 0 Å². The Bertz CT molecular complexity index is 415. The second-order valence-corrected chi connectivity index (χ2v) is 5.58. The van der Waals surface area contributed by atoms with Crippen molar-refractivity contribution < 1.29 is 35.8 Å². The van der Waals surface area contributed by atoms with Gasteiger partial charge in [-0.05, 0) is 18.8 Å². The van der Waals surface area contributed by atoms with E-state index < -0.39 is 42.0 Å². The minimum atomic E-state index is -5.48. The molecule has 0 aromatic rings. The maximum absolute atomic E-state index is 13.0.